The van der Waals surface area contributed by atoms with Crippen LogP contribution in [0.25, 0.3) is 0 Å². The van der Waals surface area contributed by atoms with E-state index in [1.165, 1.54) is 22.3 Å². The number of carbonyl (C=O) groups is 12. The maximum absolute atomic E-state index is 12.9. The highest BCUT2D eigenvalue weighted by atomic mass is 35.5. The summed E-state index contributed by atoms with van der Waals surface area (Å²) in [6, 6.07) is 50.2. The van der Waals surface area contributed by atoms with Gasteiger partial charge in [-0.2, -0.15) is 0 Å². The molecule has 0 bridgehead atoms. The Morgan fingerprint density at radius 2 is 0.592 bits per heavy atom. The minimum Gasteiger partial charge on any atom is -0.379 e. The molecule has 8 aromatic rings. The summed E-state index contributed by atoms with van der Waals surface area (Å²) in [5.41, 5.74) is 23.5. The van der Waals surface area contributed by atoms with Crippen LogP contribution in [0, 0.1) is 6.92 Å². The smallest absolute Gasteiger partial charge is 0.255 e. The van der Waals surface area contributed by atoms with E-state index in [0.29, 0.717) is 200 Å². The lowest BCUT2D eigenvalue weighted by Crippen LogP contribution is -2.49. The molecule has 12 aliphatic heterocycles. The largest absolute Gasteiger partial charge is 0.379 e. The molecule has 8 saturated heterocycles. The van der Waals surface area contributed by atoms with Crippen molar-refractivity contribution in [3.8, 4) is 0 Å². The molecule has 12 aliphatic rings. The predicted molar refractivity (Wildman–Crippen MR) is 561 cm³/mol. The minimum absolute atomic E-state index is 0.0956. The van der Waals surface area contributed by atoms with Crippen LogP contribution in [-0.4, -0.2) is 251 Å². The molecular formula is C118H136ClN13O15. The molecule has 0 radical (unpaired) electrons. The lowest BCUT2D eigenvalue weighted by atomic mass is 9.97. The Balaban J connectivity index is 0.000000134. The first-order chi connectivity index (χ1) is 71.0. The molecule has 8 amide bonds. The van der Waals surface area contributed by atoms with Crippen molar-refractivity contribution in [2.24, 2.45) is 0 Å². The highest BCUT2D eigenvalue weighted by Gasteiger charge is 2.43. The lowest BCUT2D eigenvalue weighted by Gasteiger charge is -2.32. The van der Waals surface area contributed by atoms with Crippen molar-refractivity contribution in [2.75, 3.05) is 112 Å². The molecule has 0 saturated carbocycles. The van der Waals surface area contributed by atoms with E-state index < -0.39 is 24.2 Å². The molecule has 4 atom stereocenters. The number of rotatable bonds is 32. The standard InChI is InChI=1S/C30H36N4O3.C30H35N3O4.C29H32ClN3O4.C29H33N3O4/c1-21-6-11-28(29(36)31-21)34-20-25-17-22(8-10-27(25)30(34)37)7-9-26(35)18-23-4-3-5-24(16-23)19-33-14-12-32(2)13-15-33;1-20-3-5-23(16-24(20)18-32-11-13-37-14-12-32)17-26(34)8-6-22-7-9-27-25(15-22)19-33(30(27)36)28-10-4-21(2)31-29(28)35;1-19-2-9-27(28(35)31-19)33-18-22-14-20(4-7-25(22)29(33)36)3-6-24(34)16-21-5-8-26(30)23(15-21)17-32-10-12-37-13-11-32;1-20-5-10-27(28(34)30-20)32-19-24-16-21(7-9-26(24)29(32)35)6-8-25(33)17-22-3-2-4-23(15-22)18-31-11-13-36-14-12-31/h3-5,8,10,16-17,28H,1,6-7,9,11-15,18-20H2,2H3,(H,31,36);3,5,7,9,15-16,28H,2,4,6,8,10-14,17-19H2,1H3,(H,31,35);4-5,7-8,14-15,27H,1-3,6,9-13,16-18H2,(H,31,35);2-4,7,9,15-16,27H,1,5-6,8,10-14,17-19H2,(H,30,34). The number of piperazine rings is 1. The van der Waals surface area contributed by atoms with Crippen molar-refractivity contribution in [3.63, 3.8) is 0 Å². The van der Waals surface area contributed by atoms with Gasteiger partial charge in [0.05, 0.1) is 39.6 Å². The Morgan fingerprint density at radius 3 is 0.912 bits per heavy atom. The Kier molecular flexibility index (Phi) is 35.4. The van der Waals surface area contributed by atoms with Crippen LogP contribution in [0.15, 0.2) is 207 Å². The van der Waals surface area contributed by atoms with Crippen molar-refractivity contribution in [3.05, 3.63) is 329 Å². The van der Waals surface area contributed by atoms with Gasteiger partial charge in [0.1, 0.15) is 47.3 Å². The third kappa shape index (κ3) is 27.8. The maximum atomic E-state index is 12.9. The zero-order valence-corrected chi connectivity index (χ0v) is 85.5. The van der Waals surface area contributed by atoms with Gasteiger partial charge in [0.2, 0.25) is 23.6 Å². The average molecular weight is 2010 g/mol. The second kappa shape index (κ2) is 49.3. The number of hydrogen-bond donors (Lipinski definition) is 4. The highest BCUT2D eigenvalue weighted by Crippen LogP contribution is 2.37. The molecule has 770 valence electrons. The van der Waals surface area contributed by atoms with E-state index in [1.807, 2.05) is 109 Å². The molecule has 4 N–H and O–H groups in total. The molecule has 29 heteroatoms. The molecular weight excluding hydrogens is 1870 g/mol. The van der Waals surface area contributed by atoms with E-state index in [-0.39, 0.29) is 70.4 Å². The molecule has 8 fully saturated rings. The number of amides is 8. The molecule has 0 aliphatic carbocycles. The van der Waals surface area contributed by atoms with E-state index in [0.717, 1.165) is 209 Å². The van der Waals surface area contributed by atoms with Crippen LogP contribution in [0.2, 0.25) is 5.02 Å². The number of aryl methyl sites for hydroxylation is 5. The van der Waals surface area contributed by atoms with Crippen molar-refractivity contribution >= 4 is 82.0 Å². The van der Waals surface area contributed by atoms with Crippen LogP contribution < -0.4 is 21.3 Å². The Labute approximate surface area is 866 Å². The summed E-state index contributed by atoms with van der Waals surface area (Å²) in [7, 11) is 2.16. The maximum Gasteiger partial charge on any atom is 0.255 e. The number of nitrogens with zero attached hydrogens (tertiary/aromatic N) is 9. The third-order valence-electron chi connectivity index (χ3n) is 30.2. The van der Waals surface area contributed by atoms with Gasteiger partial charge in [-0.05, 0) is 216 Å². The Hall–Kier alpha value is -12.9. The summed E-state index contributed by atoms with van der Waals surface area (Å²) in [6.07, 6.45) is 11.1. The van der Waals surface area contributed by atoms with Crippen LogP contribution in [-0.2, 0) is 156 Å². The van der Waals surface area contributed by atoms with Gasteiger partial charge < -0.3 is 60.0 Å². The zero-order chi connectivity index (χ0) is 103. The first-order valence-electron chi connectivity index (χ1n) is 52.1. The Bertz CT molecular complexity index is 6190. The predicted octanol–water partition coefficient (Wildman–Crippen LogP) is 12.9. The van der Waals surface area contributed by atoms with Crippen LogP contribution >= 0.6 is 11.6 Å². The van der Waals surface area contributed by atoms with Crippen LogP contribution in [0.1, 0.15) is 213 Å². The van der Waals surface area contributed by atoms with Crippen molar-refractivity contribution < 1.29 is 71.7 Å². The number of halogens is 1. The zero-order valence-electron chi connectivity index (χ0n) is 84.8. The lowest BCUT2D eigenvalue weighted by molar-refractivity contribution is -0.127. The number of fused-ring (bicyclic) bond motifs is 4. The van der Waals surface area contributed by atoms with Gasteiger partial charge >= 0.3 is 0 Å². The normalized spacial score (nSPS) is 20.4. The number of ether oxygens (including phenoxy) is 3. The van der Waals surface area contributed by atoms with Crippen molar-refractivity contribution in [1.29, 1.82) is 0 Å². The van der Waals surface area contributed by atoms with Gasteiger partial charge in [-0.25, -0.2) is 0 Å². The summed E-state index contributed by atoms with van der Waals surface area (Å²) < 4.78 is 16.3. The number of nitrogens with one attached hydrogen (secondary N) is 4. The van der Waals surface area contributed by atoms with E-state index in [9.17, 15) is 57.5 Å². The molecule has 147 heavy (non-hydrogen) atoms. The molecule has 0 spiro atoms. The van der Waals surface area contributed by atoms with Crippen molar-refractivity contribution in [1.82, 2.24) is 65.4 Å². The van der Waals surface area contributed by atoms with Crippen molar-refractivity contribution in [2.45, 2.75) is 212 Å². The van der Waals surface area contributed by atoms with Gasteiger partial charge in [0.15, 0.2) is 0 Å². The van der Waals surface area contributed by atoms with Gasteiger partial charge in [-0.3, -0.25) is 77.1 Å². The summed E-state index contributed by atoms with van der Waals surface area (Å²) in [5.74, 6) is -0.258. The SMILES string of the molecule is C=C1CCC(N2Cc3cc(CCC(=O)Cc4ccc(C)c(CN5CCOCC5)c4)ccc3C2=O)C(=O)N1.C=C1CCC(N2Cc3cc(CCC(=O)Cc4ccc(Cl)c(CN5CCOCC5)c4)ccc3C2=O)C(=O)N1.C=C1CCC(N2Cc3cc(CCC(=O)Cc4cccc(CN5CCN(C)CC5)c4)ccc3C2=O)C(=O)N1.C=C1CCC(N2Cc3cc(CCC(=O)Cc4cccc(CN5CCOCC5)c4)ccc3C2=O)C(=O)N1. The van der Waals surface area contributed by atoms with E-state index >= 15 is 0 Å². The number of morpholine rings is 3. The average Bonchev–Trinajstić information content (AvgIpc) is 1.64. The summed E-state index contributed by atoms with van der Waals surface area (Å²) in [4.78, 5) is 171. The minimum atomic E-state index is -0.469. The number of Topliss-reactive ketones (excluding diaryl/α,β-unsaturated/α-hetero) is 4. The first-order valence-corrected chi connectivity index (χ1v) is 52.5. The first kappa shape index (κ1) is 105. The molecule has 8 aromatic carbocycles. The fourth-order valence-corrected chi connectivity index (χ4v) is 21.9. The monoisotopic (exact) mass is 2010 g/mol. The number of likely N-dealkylation sites (N-methyl/N-ethyl adjacent to an activating group) is 1. The van der Waals surface area contributed by atoms with E-state index in [4.69, 9.17) is 25.8 Å². The Morgan fingerprint density at radius 1 is 0.320 bits per heavy atom. The fourth-order valence-electron chi connectivity index (χ4n) is 21.7. The van der Waals surface area contributed by atoms with E-state index in [1.54, 1.807) is 19.6 Å². The second-order valence-electron chi connectivity index (χ2n) is 41.2. The number of piperidine rings is 4. The molecule has 4 unspecified atom stereocenters. The number of allylic oxidation sites excluding steroid dienone is 4. The molecule has 0 aromatic heterocycles. The second-order valence-corrected chi connectivity index (χ2v) is 41.6. The number of hydrogen-bond acceptors (Lipinski definition) is 20. The molecule has 20 rings (SSSR count). The third-order valence-corrected chi connectivity index (χ3v) is 30.6. The summed E-state index contributed by atoms with van der Waals surface area (Å²) in [5, 5.41) is 11.8. The number of carbonyl (C=O) groups excluding carboxylic acids is 12. The van der Waals surface area contributed by atoms with Crippen LogP contribution in [0.4, 0.5) is 0 Å². The molecule has 28 nitrogen and oxygen atoms in total. The quantitative estimate of drug-likeness (QED) is 0.0304. The van der Waals surface area contributed by atoms with Gasteiger partial charge in [0, 0.05) is 219 Å². The highest BCUT2D eigenvalue weighted by molar-refractivity contribution is 6.31. The molecule has 12 heterocycles. The number of benzene rings is 8. The topological polar surface area (TPSA) is 310 Å². The fraction of sp³-hybridized carbons (Fsp3) is 0.424. The van der Waals surface area contributed by atoms with E-state index in [2.05, 4.69) is 135 Å². The summed E-state index contributed by atoms with van der Waals surface area (Å²) >= 11 is 6.43. The van der Waals surface area contributed by atoms with Crippen LogP contribution in [0.5, 0.6) is 0 Å². The van der Waals surface area contributed by atoms with Gasteiger partial charge in [-0.1, -0.05) is 165 Å². The number of ketones is 4. The van der Waals surface area contributed by atoms with Gasteiger partial charge in [0.25, 0.3) is 23.6 Å². The van der Waals surface area contributed by atoms with Crippen LogP contribution in [0.3, 0.4) is 0 Å². The summed E-state index contributed by atoms with van der Waals surface area (Å²) in [6.45, 7) is 37.0. The van der Waals surface area contributed by atoms with Gasteiger partial charge in [-0.15, -0.1) is 0 Å².